The van der Waals surface area contributed by atoms with Crippen molar-refractivity contribution < 1.29 is 19.1 Å². The lowest BCUT2D eigenvalue weighted by Crippen LogP contribution is -2.25. The van der Waals surface area contributed by atoms with Crippen LogP contribution in [0.1, 0.15) is 15.9 Å². The Morgan fingerprint density at radius 1 is 1.36 bits per heavy atom. The zero-order valence-electron chi connectivity index (χ0n) is 11.9. The van der Waals surface area contributed by atoms with Gasteiger partial charge in [0.1, 0.15) is 0 Å². The van der Waals surface area contributed by atoms with E-state index in [1.165, 1.54) is 7.11 Å². The third kappa shape index (κ3) is 3.73. The number of esters is 1. The molecule has 1 aliphatic heterocycles. The van der Waals surface area contributed by atoms with Crippen LogP contribution in [0.25, 0.3) is 0 Å². The summed E-state index contributed by atoms with van der Waals surface area (Å²) in [6.45, 7) is 1.81. The number of amidine groups is 1. The lowest BCUT2D eigenvalue weighted by atomic mass is 10.1. The fourth-order valence-corrected chi connectivity index (χ4v) is 2.38. The fraction of sp³-hybridized carbons (Fsp3) is 0.143. The third-order valence-electron chi connectivity index (χ3n) is 2.75. The summed E-state index contributed by atoms with van der Waals surface area (Å²) < 4.78 is 4.45. The molecular formula is C14H13N3O4S. The van der Waals surface area contributed by atoms with Gasteiger partial charge in [0.2, 0.25) is 0 Å². The lowest BCUT2D eigenvalue weighted by molar-refractivity contribution is -0.135. The fourth-order valence-electron chi connectivity index (χ4n) is 1.64. The highest BCUT2D eigenvalue weighted by atomic mass is 32.2. The summed E-state index contributed by atoms with van der Waals surface area (Å²) in [6, 6.07) is 7.06. The quantitative estimate of drug-likeness (QED) is 0.490. The first-order chi connectivity index (χ1) is 10.5. The van der Waals surface area contributed by atoms with Gasteiger partial charge in [-0.3, -0.25) is 14.9 Å². The van der Waals surface area contributed by atoms with Crippen molar-refractivity contribution in [1.82, 2.24) is 10.7 Å². The van der Waals surface area contributed by atoms with Crippen LogP contribution < -0.4 is 10.7 Å². The number of thioether (sulfide) groups is 1. The number of carbonyl (C=O) groups is 3. The van der Waals surface area contributed by atoms with E-state index >= 15 is 0 Å². The van der Waals surface area contributed by atoms with Gasteiger partial charge in [-0.05, 0) is 30.3 Å². The van der Waals surface area contributed by atoms with Gasteiger partial charge in [-0.25, -0.2) is 10.2 Å². The monoisotopic (exact) mass is 319 g/mol. The van der Waals surface area contributed by atoms with Gasteiger partial charge in [0.05, 0.1) is 12.0 Å². The molecule has 1 fully saturated rings. The van der Waals surface area contributed by atoms with E-state index in [1.54, 1.807) is 12.1 Å². The molecule has 1 aromatic rings. The molecule has 22 heavy (non-hydrogen) atoms. The average molecular weight is 319 g/mol. The molecule has 0 radical (unpaired) electrons. The Balaban J connectivity index is 2.05. The van der Waals surface area contributed by atoms with Crippen LogP contribution in [-0.2, 0) is 14.3 Å². The minimum Gasteiger partial charge on any atom is -0.466 e. The van der Waals surface area contributed by atoms with Crippen molar-refractivity contribution in [3.05, 3.63) is 46.4 Å². The number of amides is 2. The molecule has 0 aromatic heterocycles. The van der Waals surface area contributed by atoms with E-state index in [2.05, 4.69) is 20.6 Å². The zero-order chi connectivity index (χ0) is 16.1. The second-order valence-electron chi connectivity index (χ2n) is 4.26. The number of carbonyl (C=O) groups excluding carboxylic acids is 3. The Labute approximate surface area is 130 Å². The predicted molar refractivity (Wildman–Crippen MR) is 81.9 cm³/mol. The van der Waals surface area contributed by atoms with Gasteiger partial charge in [-0.15, -0.1) is 5.10 Å². The smallest absolute Gasteiger partial charge is 0.331 e. The van der Waals surface area contributed by atoms with Crippen LogP contribution in [0.15, 0.2) is 40.3 Å². The first kappa shape index (κ1) is 15.8. The van der Waals surface area contributed by atoms with Gasteiger partial charge in [-0.1, -0.05) is 18.2 Å². The molecule has 1 aromatic carbocycles. The number of methoxy groups -OCH3 is 1. The standard InChI is InChI=1S/C14H13N3O4S/c1-8-5-3-4-6-9(8)12(19)16-17-14-15-13(20)10(22-14)7-11(18)21-2/h3-7H,1-2H3,(H,16,19)(H,15,17,20). The molecule has 2 N–H and O–H groups in total. The van der Waals surface area contributed by atoms with E-state index < -0.39 is 11.9 Å². The van der Waals surface area contributed by atoms with E-state index in [9.17, 15) is 14.4 Å². The Morgan fingerprint density at radius 2 is 2.09 bits per heavy atom. The first-order valence-electron chi connectivity index (χ1n) is 6.23. The highest BCUT2D eigenvalue weighted by Crippen LogP contribution is 2.23. The number of nitrogens with one attached hydrogen (secondary N) is 2. The summed E-state index contributed by atoms with van der Waals surface area (Å²) in [4.78, 5) is 34.8. The number of benzene rings is 1. The minimum atomic E-state index is -0.636. The number of hydrogen-bond donors (Lipinski definition) is 2. The van der Waals surface area contributed by atoms with Crippen molar-refractivity contribution in [2.75, 3.05) is 7.11 Å². The van der Waals surface area contributed by atoms with Gasteiger partial charge in [0, 0.05) is 11.6 Å². The van der Waals surface area contributed by atoms with Crippen molar-refractivity contribution in [2.24, 2.45) is 5.10 Å². The van der Waals surface area contributed by atoms with Gasteiger partial charge < -0.3 is 4.74 Å². The van der Waals surface area contributed by atoms with Gasteiger partial charge >= 0.3 is 5.97 Å². The molecule has 0 saturated carbocycles. The summed E-state index contributed by atoms with van der Waals surface area (Å²) in [5.74, 6) is -1.49. The maximum Gasteiger partial charge on any atom is 0.331 e. The summed E-state index contributed by atoms with van der Waals surface area (Å²) in [7, 11) is 1.22. The van der Waals surface area contributed by atoms with Crippen LogP contribution in [-0.4, -0.2) is 30.1 Å². The van der Waals surface area contributed by atoms with Crippen LogP contribution >= 0.6 is 11.8 Å². The second kappa shape index (κ2) is 6.90. The van der Waals surface area contributed by atoms with Crippen LogP contribution in [0.5, 0.6) is 0 Å². The molecule has 2 rings (SSSR count). The average Bonchev–Trinajstić information content (AvgIpc) is 2.85. The molecule has 0 unspecified atom stereocenters. The maximum atomic E-state index is 12.0. The van der Waals surface area contributed by atoms with E-state index in [4.69, 9.17) is 0 Å². The molecule has 1 saturated heterocycles. The summed E-state index contributed by atoms with van der Waals surface area (Å²) in [5, 5.41) is 6.45. The number of rotatable bonds is 3. The van der Waals surface area contributed by atoms with Crippen LogP contribution in [0.2, 0.25) is 0 Å². The third-order valence-corrected chi connectivity index (χ3v) is 3.66. The topological polar surface area (TPSA) is 96.9 Å². The molecule has 2 amide bonds. The SMILES string of the molecule is COC(=O)C=C1S/C(=N/NC(=O)c2ccccc2C)NC1=O. The normalized spacial score (nSPS) is 17.5. The number of hydrazone groups is 1. The second-order valence-corrected chi connectivity index (χ2v) is 5.29. The molecule has 0 bridgehead atoms. The van der Waals surface area contributed by atoms with Crippen LogP contribution in [0.3, 0.4) is 0 Å². The van der Waals surface area contributed by atoms with Crippen molar-refractivity contribution >= 4 is 34.7 Å². The Kier molecular flexibility index (Phi) is 4.95. The molecular weight excluding hydrogens is 306 g/mol. The Morgan fingerprint density at radius 3 is 2.77 bits per heavy atom. The first-order valence-corrected chi connectivity index (χ1v) is 7.05. The van der Waals surface area contributed by atoms with Crippen molar-refractivity contribution in [2.45, 2.75) is 6.92 Å². The number of aryl methyl sites for hydroxylation is 1. The summed E-state index contributed by atoms with van der Waals surface area (Å²) in [5.41, 5.74) is 3.67. The zero-order valence-corrected chi connectivity index (χ0v) is 12.7. The van der Waals surface area contributed by atoms with E-state index in [1.807, 2.05) is 19.1 Å². The molecule has 0 spiro atoms. The molecule has 8 heteroatoms. The molecule has 1 aliphatic rings. The number of nitrogens with zero attached hydrogens (tertiary/aromatic N) is 1. The molecule has 114 valence electrons. The predicted octanol–water partition coefficient (Wildman–Crippen LogP) is 0.916. The van der Waals surface area contributed by atoms with Crippen molar-refractivity contribution in [3.63, 3.8) is 0 Å². The Bertz CT molecular complexity index is 697. The molecule has 0 atom stereocenters. The van der Waals surface area contributed by atoms with E-state index in [0.717, 1.165) is 23.4 Å². The summed E-state index contributed by atoms with van der Waals surface area (Å²) in [6.07, 6.45) is 1.06. The van der Waals surface area contributed by atoms with E-state index in [-0.39, 0.29) is 16.0 Å². The minimum absolute atomic E-state index is 0.149. The molecule has 7 nitrogen and oxygen atoms in total. The Hall–Kier alpha value is -2.61. The van der Waals surface area contributed by atoms with Gasteiger partial charge in [0.15, 0.2) is 5.17 Å². The highest BCUT2D eigenvalue weighted by Gasteiger charge is 2.25. The van der Waals surface area contributed by atoms with Gasteiger partial charge in [0.25, 0.3) is 11.8 Å². The van der Waals surface area contributed by atoms with Crippen molar-refractivity contribution in [3.8, 4) is 0 Å². The molecule has 0 aliphatic carbocycles. The summed E-state index contributed by atoms with van der Waals surface area (Å²) >= 11 is 0.939. The van der Waals surface area contributed by atoms with Gasteiger partial charge in [-0.2, -0.15) is 0 Å². The highest BCUT2D eigenvalue weighted by molar-refractivity contribution is 8.18. The van der Waals surface area contributed by atoms with E-state index in [0.29, 0.717) is 5.56 Å². The number of hydrogen-bond acceptors (Lipinski definition) is 6. The maximum absolute atomic E-state index is 12.0. The number of ether oxygens (including phenoxy) is 1. The lowest BCUT2D eigenvalue weighted by Gasteiger charge is -2.03. The van der Waals surface area contributed by atoms with Crippen molar-refractivity contribution in [1.29, 1.82) is 0 Å². The van der Waals surface area contributed by atoms with Crippen LogP contribution in [0, 0.1) is 6.92 Å². The largest absolute Gasteiger partial charge is 0.466 e. The molecule has 1 heterocycles. The van der Waals surface area contributed by atoms with Crippen LogP contribution in [0.4, 0.5) is 0 Å².